The summed E-state index contributed by atoms with van der Waals surface area (Å²) in [4.78, 5) is 4.03. The molecule has 2 N–H and O–H groups in total. The largest absolute Gasteiger partial charge is 0.484 e. The molecule has 0 fully saturated rings. The van der Waals surface area contributed by atoms with Crippen LogP contribution in [0.3, 0.4) is 0 Å². The van der Waals surface area contributed by atoms with Gasteiger partial charge in [0.05, 0.1) is 0 Å². The van der Waals surface area contributed by atoms with Crippen LogP contribution in [0.1, 0.15) is 42.6 Å². The maximum Gasteiger partial charge on any atom is 0.136 e. The Morgan fingerprint density at radius 1 is 1.10 bits per heavy atom. The number of nitrogens with two attached hydrogens (primary N) is 1. The molecule has 2 rings (SSSR count). The molecule has 1 heterocycles. The van der Waals surface area contributed by atoms with Gasteiger partial charge in [0.15, 0.2) is 0 Å². The Morgan fingerprint density at radius 2 is 1.80 bits per heavy atom. The Balaban J connectivity index is 2.25. The average Bonchev–Trinajstić information content (AvgIpc) is 2.47. The summed E-state index contributed by atoms with van der Waals surface area (Å²) in [5.74, 6) is 1.39. The maximum atomic E-state index is 6.12. The van der Waals surface area contributed by atoms with Gasteiger partial charge in [0, 0.05) is 18.9 Å². The van der Waals surface area contributed by atoms with E-state index in [0.29, 0.717) is 12.5 Å². The summed E-state index contributed by atoms with van der Waals surface area (Å²) in [7, 11) is 0. The van der Waals surface area contributed by atoms with Crippen molar-refractivity contribution >= 4 is 0 Å². The van der Waals surface area contributed by atoms with Crippen LogP contribution in [0.4, 0.5) is 0 Å². The topological polar surface area (TPSA) is 48.1 Å². The van der Waals surface area contributed by atoms with Crippen LogP contribution in [0.25, 0.3) is 0 Å². The van der Waals surface area contributed by atoms with Crippen molar-refractivity contribution in [1.82, 2.24) is 4.98 Å². The molecule has 0 saturated heterocycles. The fraction of sp³-hybridized carbons (Fsp3) is 0.353. The minimum absolute atomic E-state index is 0.140. The summed E-state index contributed by atoms with van der Waals surface area (Å²) < 4.78 is 6.12. The van der Waals surface area contributed by atoms with Crippen LogP contribution in [0.15, 0.2) is 42.7 Å². The Hall–Kier alpha value is -1.87. The summed E-state index contributed by atoms with van der Waals surface area (Å²) in [5.41, 5.74) is 9.31. The van der Waals surface area contributed by atoms with Gasteiger partial charge in [-0.15, -0.1) is 0 Å². The molecule has 0 amide bonds. The number of aromatic nitrogens is 1. The van der Waals surface area contributed by atoms with Crippen molar-refractivity contribution in [2.75, 3.05) is 6.54 Å². The lowest BCUT2D eigenvalue weighted by molar-refractivity contribution is 0.212. The molecule has 1 aromatic heterocycles. The summed E-state index contributed by atoms with van der Waals surface area (Å²) in [5, 5.41) is 0. The van der Waals surface area contributed by atoms with Gasteiger partial charge in [-0.05, 0) is 47.7 Å². The van der Waals surface area contributed by atoms with E-state index >= 15 is 0 Å². The molecule has 2 aromatic rings. The lowest BCUT2D eigenvalue weighted by Gasteiger charge is -2.20. The second kappa shape index (κ2) is 6.53. The first kappa shape index (κ1) is 14.5. The van der Waals surface area contributed by atoms with E-state index in [1.165, 1.54) is 5.56 Å². The van der Waals surface area contributed by atoms with Gasteiger partial charge in [0.2, 0.25) is 0 Å². The third-order valence-electron chi connectivity index (χ3n) is 3.44. The normalized spacial score (nSPS) is 12.4. The molecule has 0 spiro atoms. The van der Waals surface area contributed by atoms with E-state index in [2.05, 4.69) is 44.0 Å². The van der Waals surface area contributed by atoms with Crippen molar-refractivity contribution < 1.29 is 4.74 Å². The number of nitrogens with zero attached hydrogens (tertiary/aromatic N) is 1. The van der Waals surface area contributed by atoms with Gasteiger partial charge in [-0.1, -0.05) is 26.0 Å². The molecular weight excluding hydrogens is 248 g/mol. The zero-order valence-corrected chi connectivity index (χ0v) is 12.3. The van der Waals surface area contributed by atoms with Gasteiger partial charge in [-0.3, -0.25) is 4.98 Å². The smallest absolute Gasteiger partial charge is 0.136 e. The van der Waals surface area contributed by atoms with E-state index in [-0.39, 0.29) is 6.10 Å². The first-order valence-corrected chi connectivity index (χ1v) is 6.99. The summed E-state index contributed by atoms with van der Waals surface area (Å²) in [6.45, 7) is 6.85. The second-order valence-corrected chi connectivity index (χ2v) is 5.30. The van der Waals surface area contributed by atoms with Crippen LogP contribution in [-0.4, -0.2) is 11.5 Å². The predicted octanol–water partition coefficient (Wildman–Crippen LogP) is 3.59. The molecule has 0 saturated carbocycles. The number of rotatable bonds is 5. The molecule has 20 heavy (non-hydrogen) atoms. The zero-order valence-electron chi connectivity index (χ0n) is 12.3. The quantitative estimate of drug-likeness (QED) is 0.903. The minimum atomic E-state index is -0.140. The van der Waals surface area contributed by atoms with Crippen molar-refractivity contribution in [1.29, 1.82) is 0 Å². The van der Waals surface area contributed by atoms with Gasteiger partial charge < -0.3 is 10.5 Å². The van der Waals surface area contributed by atoms with E-state index in [9.17, 15) is 0 Å². The molecule has 0 aliphatic rings. The molecular formula is C17H22N2O. The van der Waals surface area contributed by atoms with Crippen molar-refractivity contribution in [3.63, 3.8) is 0 Å². The van der Waals surface area contributed by atoms with Gasteiger partial charge in [-0.2, -0.15) is 0 Å². The van der Waals surface area contributed by atoms with Crippen molar-refractivity contribution in [3.05, 3.63) is 59.4 Å². The van der Waals surface area contributed by atoms with Gasteiger partial charge in [0.1, 0.15) is 11.9 Å². The Kier molecular flexibility index (Phi) is 4.74. The summed E-state index contributed by atoms with van der Waals surface area (Å²) in [6, 6.07) is 10.3. The molecule has 1 aromatic carbocycles. The molecule has 0 radical (unpaired) electrons. The number of aryl methyl sites for hydroxylation is 1. The standard InChI is InChI=1S/C17H22N2O/c1-12(2)15-5-4-13(3)16(10-15)20-17(11-18)14-6-8-19-9-7-14/h4-10,12,17H,11,18H2,1-3H3. The Labute approximate surface area is 120 Å². The monoisotopic (exact) mass is 270 g/mol. The third-order valence-corrected chi connectivity index (χ3v) is 3.44. The van der Waals surface area contributed by atoms with Crippen LogP contribution < -0.4 is 10.5 Å². The van der Waals surface area contributed by atoms with Crippen LogP contribution in [0.2, 0.25) is 0 Å². The highest BCUT2D eigenvalue weighted by Crippen LogP contribution is 2.28. The highest BCUT2D eigenvalue weighted by atomic mass is 16.5. The lowest BCUT2D eigenvalue weighted by Crippen LogP contribution is -2.19. The van der Waals surface area contributed by atoms with E-state index in [1.807, 2.05) is 12.1 Å². The van der Waals surface area contributed by atoms with E-state index < -0.39 is 0 Å². The SMILES string of the molecule is Cc1ccc(C(C)C)cc1OC(CN)c1ccncc1. The second-order valence-electron chi connectivity index (χ2n) is 5.30. The molecule has 3 nitrogen and oxygen atoms in total. The first-order valence-electron chi connectivity index (χ1n) is 6.99. The number of ether oxygens (including phenoxy) is 1. The van der Waals surface area contributed by atoms with E-state index in [0.717, 1.165) is 16.9 Å². The lowest BCUT2D eigenvalue weighted by atomic mass is 10.0. The van der Waals surface area contributed by atoms with E-state index in [4.69, 9.17) is 10.5 Å². The molecule has 0 aliphatic carbocycles. The van der Waals surface area contributed by atoms with Crippen LogP contribution in [0, 0.1) is 6.92 Å². The van der Waals surface area contributed by atoms with Crippen LogP contribution in [-0.2, 0) is 0 Å². The molecule has 1 atom stereocenters. The first-order chi connectivity index (χ1) is 9.61. The molecule has 3 heteroatoms. The summed E-state index contributed by atoms with van der Waals surface area (Å²) >= 11 is 0. The molecule has 1 unspecified atom stereocenters. The van der Waals surface area contributed by atoms with Gasteiger partial charge >= 0.3 is 0 Å². The number of pyridine rings is 1. The van der Waals surface area contributed by atoms with Crippen molar-refractivity contribution in [2.24, 2.45) is 5.73 Å². The highest BCUT2D eigenvalue weighted by Gasteiger charge is 2.13. The van der Waals surface area contributed by atoms with Gasteiger partial charge in [0.25, 0.3) is 0 Å². The predicted molar refractivity (Wildman–Crippen MR) is 81.9 cm³/mol. The minimum Gasteiger partial charge on any atom is -0.484 e. The van der Waals surface area contributed by atoms with Gasteiger partial charge in [-0.25, -0.2) is 0 Å². The average molecular weight is 270 g/mol. The Morgan fingerprint density at radius 3 is 2.40 bits per heavy atom. The highest BCUT2D eigenvalue weighted by molar-refractivity contribution is 5.38. The fourth-order valence-corrected chi connectivity index (χ4v) is 2.09. The zero-order chi connectivity index (χ0) is 14.5. The summed E-state index contributed by atoms with van der Waals surface area (Å²) in [6.07, 6.45) is 3.39. The number of hydrogen-bond donors (Lipinski definition) is 1. The fourth-order valence-electron chi connectivity index (χ4n) is 2.09. The third kappa shape index (κ3) is 3.36. The van der Waals surface area contributed by atoms with Crippen molar-refractivity contribution in [3.8, 4) is 5.75 Å². The van der Waals surface area contributed by atoms with Crippen LogP contribution >= 0.6 is 0 Å². The molecule has 0 bridgehead atoms. The Bertz CT molecular complexity index is 552. The van der Waals surface area contributed by atoms with Crippen molar-refractivity contribution in [2.45, 2.75) is 32.8 Å². The van der Waals surface area contributed by atoms with E-state index in [1.54, 1.807) is 12.4 Å². The molecule has 106 valence electrons. The van der Waals surface area contributed by atoms with Crippen LogP contribution in [0.5, 0.6) is 5.75 Å². The maximum absolute atomic E-state index is 6.12. The molecule has 0 aliphatic heterocycles. The number of benzene rings is 1. The number of hydrogen-bond acceptors (Lipinski definition) is 3.